The summed E-state index contributed by atoms with van der Waals surface area (Å²) in [6, 6.07) is 5.05. The summed E-state index contributed by atoms with van der Waals surface area (Å²) in [6.45, 7) is 0. The van der Waals surface area contributed by atoms with Gasteiger partial charge in [0.05, 0.1) is 32.4 Å². The number of nitrogens with zero attached hydrogens (tertiary/aromatic N) is 1. The quantitative estimate of drug-likeness (QED) is 0.777. The molecule has 5 heteroatoms. The van der Waals surface area contributed by atoms with E-state index in [-0.39, 0.29) is 0 Å². The average molecular weight is 247 g/mol. The van der Waals surface area contributed by atoms with Crippen molar-refractivity contribution in [3.05, 3.63) is 30.0 Å². The Bertz CT molecular complexity index is 595. The van der Waals surface area contributed by atoms with Crippen LogP contribution in [0.2, 0.25) is 0 Å². The average Bonchev–Trinajstić information content (AvgIpc) is 2.44. The highest BCUT2D eigenvalue weighted by atomic mass is 16.5. The maximum atomic E-state index is 11.7. The molecule has 5 nitrogen and oxygen atoms in total. The largest absolute Gasteiger partial charge is 0.493 e. The molecule has 0 aliphatic heterocycles. The lowest BCUT2D eigenvalue weighted by molar-refractivity contribution is 0.0603. The third kappa shape index (κ3) is 1.95. The van der Waals surface area contributed by atoms with Crippen molar-refractivity contribution in [1.29, 1.82) is 0 Å². The third-order valence-electron chi connectivity index (χ3n) is 2.65. The predicted molar refractivity (Wildman–Crippen MR) is 66.2 cm³/mol. The van der Waals surface area contributed by atoms with E-state index in [1.807, 2.05) is 0 Å². The normalized spacial score (nSPS) is 10.2. The number of carbonyl (C=O) groups is 1. The van der Waals surface area contributed by atoms with Gasteiger partial charge in [0, 0.05) is 17.6 Å². The summed E-state index contributed by atoms with van der Waals surface area (Å²) in [5.74, 6) is 0.706. The minimum absolute atomic E-state index is 0.408. The van der Waals surface area contributed by atoms with E-state index in [0.29, 0.717) is 28.0 Å². The summed E-state index contributed by atoms with van der Waals surface area (Å²) < 4.78 is 15.1. The highest BCUT2D eigenvalue weighted by molar-refractivity contribution is 6.04. The van der Waals surface area contributed by atoms with E-state index in [4.69, 9.17) is 14.2 Å². The van der Waals surface area contributed by atoms with Gasteiger partial charge in [-0.25, -0.2) is 4.79 Å². The molecule has 0 saturated heterocycles. The van der Waals surface area contributed by atoms with Crippen LogP contribution in [-0.4, -0.2) is 32.3 Å². The van der Waals surface area contributed by atoms with Crippen LogP contribution in [0.15, 0.2) is 24.4 Å². The zero-order valence-corrected chi connectivity index (χ0v) is 10.4. The van der Waals surface area contributed by atoms with Crippen LogP contribution >= 0.6 is 0 Å². The Morgan fingerprint density at radius 3 is 2.39 bits per heavy atom. The Morgan fingerprint density at radius 1 is 1.11 bits per heavy atom. The number of hydrogen-bond donors (Lipinski definition) is 0. The van der Waals surface area contributed by atoms with Gasteiger partial charge >= 0.3 is 5.97 Å². The fourth-order valence-corrected chi connectivity index (χ4v) is 1.76. The van der Waals surface area contributed by atoms with Crippen LogP contribution in [0, 0.1) is 0 Å². The second-order valence-electron chi connectivity index (χ2n) is 3.57. The minimum Gasteiger partial charge on any atom is -0.493 e. The third-order valence-corrected chi connectivity index (χ3v) is 2.65. The van der Waals surface area contributed by atoms with Gasteiger partial charge < -0.3 is 14.2 Å². The first-order chi connectivity index (χ1) is 8.71. The second kappa shape index (κ2) is 4.91. The van der Waals surface area contributed by atoms with E-state index in [9.17, 15) is 4.79 Å². The van der Waals surface area contributed by atoms with Crippen LogP contribution in [0.3, 0.4) is 0 Å². The molecule has 0 atom stereocenters. The molecule has 0 amide bonds. The Labute approximate surface area is 104 Å². The molecule has 0 saturated carbocycles. The summed E-state index contributed by atoms with van der Waals surface area (Å²) in [4.78, 5) is 15.9. The van der Waals surface area contributed by atoms with Crippen molar-refractivity contribution in [3.63, 3.8) is 0 Å². The first-order valence-corrected chi connectivity index (χ1v) is 5.30. The van der Waals surface area contributed by atoms with Crippen LogP contribution in [0.5, 0.6) is 11.5 Å². The summed E-state index contributed by atoms with van der Waals surface area (Å²) >= 11 is 0. The van der Waals surface area contributed by atoms with Crippen molar-refractivity contribution >= 4 is 16.9 Å². The summed E-state index contributed by atoms with van der Waals surface area (Å²) in [6.07, 6.45) is 1.56. The number of esters is 1. The lowest BCUT2D eigenvalue weighted by Crippen LogP contribution is -2.03. The standard InChI is InChI=1S/C13H13NO4/c1-16-11-6-9-8(13(15)18-3)4-5-14-10(9)7-12(11)17-2/h4-7H,1-3H3. The number of carbonyl (C=O) groups excluding carboxylic acids is 1. The van der Waals surface area contributed by atoms with Crippen LogP contribution in [0.4, 0.5) is 0 Å². The van der Waals surface area contributed by atoms with E-state index in [2.05, 4.69) is 4.98 Å². The first kappa shape index (κ1) is 12.2. The van der Waals surface area contributed by atoms with Crippen molar-refractivity contribution in [2.24, 2.45) is 0 Å². The van der Waals surface area contributed by atoms with Crippen LogP contribution in [0.1, 0.15) is 10.4 Å². The number of hydrogen-bond acceptors (Lipinski definition) is 5. The number of rotatable bonds is 3. The van der Waals surface area contributed by atoms with Crippen molar-refractivity contribution in [2.45, 2.75) is 0 Å². The van der Waals surface area contributed by atoms with Crippen molar-refractivity contribution in [2.75, 3.05) is 21.3 Å². The number of ether oxygens (including phenoxy) is 3. The van der Waals surface area contributed by atoms with Crippen molar-refractivity contribution in [3.8, 4) is 11.5 Å². The molecular weight excluding hydrogens is 234 g/mol. The molecule has 0 spiro atoms. The molecule has 2 rings (SSSR count). The van der Waals surface area contributed by atoms with Gasteiger partial charge in [0.2, 0.25) is 0 Å². The molecule has 0 radical (unpaired) electrons. The molecule has 0 bridgehead atoms. The van der Waals surface area contributed by atoms with Gasteiger partial charge in [0.15, 0.2) is 11.5 Å². The molecule has 0 aliphatic rings. The Hall–Kier alpha value is -2.30. The van der Waals surface area contributed by atoms with Gasteiger partial charge in [0.25, 0.3) is 0 Å². The molecule has 18 heavy (non-hydrogen) atoms. The molecule has 0 aliphatic carbocycles. The highest BCUT2D eigenvalue weighted by Crippen LogP contribution is 2.32. The van der Waals surface area contributed by atoms with E-state index in [0.717, 1.165) is 0 Å². The maximum Gasteiger partial charge on any atom is 0.338 e. The zero-order valence-electron chi connectivity index (χ0n) is 10.4. The fraction of sp³-hybridized carbons (Fsp3) is 0.231. The molecule has 0 fully saturated rings. The van der Waals surface area contributed by atoms with Gasteiger partial charge in [-0.1, -0.05) is 0 Å². The van der Waals surface area contributed by atoms with Crippen LogP contribution < -0.4 is 9.47 Å². The fourth-order valence-electron chi connectivity index (χ4n) is 1.76. The van der Waals surface area contributed by atoms with E-state index < -0.39 is 5.97 Å². The molecule has 94 valence electrons. The van der Waals surface area contributed by atoms with E-state index in [1.165, 1.54) is 14.2 Å². The Morgan fingerprint density at radius 2 is 1.78 bits per heavy atom. The number of benzene rings is 1. The topological polar surface area (TPSA) is 57.7 Å². The summed E-state index contributed by atoms with van der Waals surface area (Å²) in [5, 5.41) is 0.669. The van der Waals surface area contributed by atoms with Crippen molar-refractivity contribution < 1.29 is 19.0 Å². The smallest absolute Gasteiger partial charge is 0.338 e. The Kier molecular flexibility index (Phi) is 3.32. The maximum absolute atomic E-state index is 11.7. The molecular formula is C13H13NO4. The molecule has 2 aromatic rings. The van der Waals surface area contributed by atoms with Gasteiger partial charge in [-0.05, 0) is 12.1 Å². The van der Waals surface area contributed by atoms with Gasteiger partial charge in [-0.3, -0.25) is 4.98 Å². The predicted octanol–water partition coefficient (Wildman–Crippen LogP) is 2.04. The van der Waals surface area contributed by atoms with Gasteiger partial charge in [-0.15, -0.1) is 0 Å². The lowest BCUT2D eigenvalue weighted by atomic mass is 10.1. The minimum atomic E-state index is -0.408. The molecule has 1 heterocycles. The number of pyridine rings is 1. The lowest BCUT2D eigenvalue weighted by Gasteiger charge is -2.10. The highest BCUT2D eigenvalue weighted by Gasteiger charge is 2.14. The first-order valence-electron chi connectivity index (χ1n) is 5.30. The molecule has 0 unspecified atom stereocenters. The van der Waals surface area contributed by atoms with E-state index in [1.54, 1.807) is 31.5 Å². The second-order valence-corrected chi connectivity index (χ2v) is 3.57. The van der Waals surface area contributed by atoms with Crippen LogP contribution in [-0.2, 0) is 4.74 Å². The van der Waals surface area contributed by atoms with Crippen LogP contribution in [0.25, 0.3) is 10.9 Å². The zero-order chi connectivity index (χ0) is 13.1. The Balaban J connectivity index is 2.72. The molecule has 1 aromatic heterocycles. The number of aromatic nitrogens is 1. The monoisotopic (exact) mass is 247 g/mol. The summed E-state index contributed by atoms with van der Waals surface area (Å²) in [5.41, 5.74) is 1.10. The molecule has 1 aromatic carbocycles. The SMILES string of the molecule is COC(=O)c1ccnc2cc(OC)c(OC)cc12. The van der Waals surface area contributed by atoms with Gasteiger partial charge in [0.1, 0.15) is 0 Å². The van der Waals surface area contributed by atoms with Crippen molar-refractivity contribution in [1.82, 2.24) is 4.98 Å². The summed E-state index contributed by atoms with van der Waals surface area (Å²) in [7, 11) is 4.43. The number of fused-ring (bicyclic) bond motifs is 1. The van der Waals surface area contributed by atoms with Gasteiger partial charge in [-0.2, -0.15) is 0 Å². The molecule has 0 N–H and O–H groups in total. The number of methoxy groups -OCH3 is 3. The van der Waals surface area contributed by atoms with E-state index >= 15 is 0 Å².